The second kappa shape index (κ2) is 4.44. The predicted molar refractivity (Wildman–Crippen MR) is 56.6 cm³/mol. The summed E-state index contributed by atoms with van der Waals surface area (Å²) < 4.78 is 5.27. The number of anilines is 1. The molecule has 16 heavy (non-hydrogen) atoms. The number of hydrogen-bond donors (Lipinski definition) is 1. The highest BCUT2D eigenvalue weighted by atomic mass is 16.5. The van der Waals surface area contributed by atoms with Crippen LogP contribution in [0.1, 0.15) is 16.8 Å². The largest absolute Gasteiger partial charge is 0.478 e. The van der Waals surface area contributed by atoms with Crippen LogP contribution in [0, 0.1) is 0 Å². The normalized spacial score (nSPS) is 19.7. The molecule has 1 atom stereocenters. The maximum absolute atomic E-state index is 10.6. The van der Waals surface area contributed by atoms with Gasteiger partial charge in [-0.2, -0.15) is 0 Å². The summed E-state index contributed by atoms with van der Waals surface area (Å²) in [4.78, 5) is 20.6. The Hall–Kier alpha value is -1.69. The smallest absolute Gasteiger partial charge is 0.338 e. The molecular weight excluding hydrogens is 210 g/mol. The van der Waals surface area contributed by atoms with Crippen LogP contribution in [-0.2, 0) is 4.74 Å². The molecule has 0 bridgehead atoms. The first-order valence-electron chi connectivity index (χ1n) is 5.04. The van der Waals surface area contributed by atoms with Gasteiger partial charge in [-0.3, -0.25) is 0 Å². The minimum atomic E-state index is -1.02. The van der Waals surface area contributed by atoms with Crippen molar-refractivity contribution in [2.45, 2.75) is 12.5 Å². The molecule has 2 rings (SSSR count). The molecule has 0 aromatic carbocycles. The molecule has 6 heteroatoms. The zero-order valence-electron chi connectivity index (χ0n) is 8.96. The number of hydrogen-bond acceptors (Lipinski definition) is 5. The fourth-order valence-electron chi connectivity index (χ4n) is 1.60. The molecule has 0 saturated carbocycles. The number of carboxylic acids is 1. The molecule has 0 spiro atoms. The number of nitrogens with zero attached hydrogens (tertiary/aromatic N) is 3. The fraction of sp³-hybridized carbons (Fsp3) is 0.500. The van der Waals surface area contributed by atoms with E-state index in [-0.39, 0.29) is 11.6 Å². The van der Waals surface area contributed by atoms with Crippen molar-refractivity contribution in [3.63, 3.8) is 0 Å². The minimum absolute atomic E-state index is 0.0971. The summed E-state index contributed by atoms with van der Waals surface area (Å²) in [6, 6.07) is 0.274. The Bertz CT molecular complexity index is 373. The van der Waals surface area contributed by atoms with Crippen LogP contribution < -0.4 is 4.90 Å². The van der Waals surface area contributed by atoms with Crippen LogP contribution in [0.3, 0.4) is 0 Å². The zero-order chi connectivity index (χ0) is 11.5. The summed E-state index contributed by atoms with van der Waals surface area (Å²) in [5.74, 6) is -0.487. The Labute approximate surface area is 92.9 Å². The maximum Gasteiger partial charge on any atom is 0.338 e. The molecule has 0 amide bonds. The van der Waals surface area contributed by atoms with E-state index in [2.05, 4.69) is 9.97 Å². The van der Waals surface area contributed by atoms with E-state index in [0.29, 0.717) is 12.6 Å². The van der Waals surface area contributed by atoms with Gasteiger partial charge in [0.1, 0.15) is 0 Å². The number of aromatic carboxylic acids is 1. The maximum atomic E-state index is 10.6. The third-order valence-electron chi connectivity index (χ3n) is 2.65. The Morgan fingerprint density at radius 1 is 1.56 bits per heavy atom. The molecule has 1 aliphatic rings. The summed E-state index contributed by atoms with van der Waals surface area (Å²) in [7, 11) is 1.88. The lowest BCUT2D eigenvalue weighted by Gasteiger charge is -2.22. The van der Waals surface area contributed by atoms with Crippen molar-refractivity contribution in [1.82, 2.24) is 9.97 Å². The fourth-order valence-corrected chi connectivity index (χ4v) is 1.60. The molecule has 1 saturated heterocycles. The van der Waals surface area contributed by atoms with Crippen molar-refractivity contribution in [1.29, 1.82) is 0 Å². The van der Waals surface area contributed by atoms with Crippen molar-refractivity contribution in [2.75, 3.05) is 25.2 Å². The molecule has 86 valence electrons. The quantitative estimate of drug-likeness (QED) is 0.799. The highest BCUT2D eigenvalue weighted by Crippen LogP contribution is 2.15. The van der Waals surface area contributed by atoms with Crippen LogP contribution in [-0.4, -0.2) is 47.3 Å². The Kier molecular flexibility index (Phi) is 3.00. The molecule has 0 radical (unpaired) electrons. The van der Waals surface area contributed by atoms with Crippen molar-refractivity contribution < 1.29 is 14.6 Å². The number of carbonyl (C=O) groups is 1. The third-order valence-corrected chi connectivity index (χ3v) is 2.65. The van der Waals surface area contributed by atoms with Gasteiger partial charge in [0.2, 0.25) is 5.95 Å². The first-order valence-corrected chi connectivity index (χ1v) is 5.04. The topological polar surface area (TPSA) is 75.6 Å². The summed E-state index contributed by atoms with van der Waals surface area (Å²) in [5, 5.41) is 8.71. The van der Waals surface area contributed by atoms with Crippen molar-refractivity contribution in [2.24, 2.45) is 0 Å². The van der Waals surface area contributed by atoms with Crippen LogP contribution in [0.4, 0.5) is 5.95 Å². The summed E-state index contributed by atoms with van der Waals surface area (Å²) >= 11 is 0. The highest BCUT2D eigenvalue weighted by molar-refractivity contribution is 5.86. The van der Waals surface area contributed by atoms with Gasteiger partial charge in [0.15, 0.2) is 0 Å². The van der Waals surface area contributed by atoms with Gasteiger partial charge in [-0.05, 0) is 6.42 Å². The molecule has 1 unspecified atom stereocenters. The molecule has 1 fully saturated rings. The van der Waals surface area contributed by atoms with E-state index in [1.54, 1.807) is 0 Å². The number of ether oxygens (including phenoxy) is 1. The average molecular weight is 223 g/mol. The van der Waals surface area contributed by atoms with Crippen LogP contribution in [0.2, 0.25) is 0 Å². The number of aromatic nitrogens is 2. The highest BCUT2D eigenvalue weighted by Gasteiger charge is 2.22. The first-order chi connectivity index (χ1) is 7.68. The monoisotopic (exact) mass is 223 g/mol. The van der Waals surface area contributed by atoms with E-state index in [1.807, 2.05) is 11.9 Å². The van der Waals surface area contributed by atoms with Crippen molar-refractivity contribution in [3.05, 3.63) is 18.0 Å². The summed E-state index contributed by atoms with van der Waals surface area (Å²) in [5.41, 5.74) is 0.0971. The summed E-state index contributed by atoms with van der Waals surface area (Å²) in [6.07, 6.45) is 3.58. The standard InChI is InChI=1S/C10H13N3O3/c1-13(8-2-3-16-6-8)10-11-4-7(5-12-10)9(14)15/h4-5,8H,2-3,6H2,1H3,(H,14,15). The lowest BCUT2D eigenvalue weighted by molar-refractivity contribution is 0.0696. The van der Waals surface area contributed by atoms with E-state index < -0.39 is 5.97 Å². The van der Waals surface area contributed by atoms with Gasteiger partial charge in [0, 0.05) is 26.0 Å². The van der Waals surface area contributed by atoms with Gasteiger partial charge in [0.25, 0.3) is 0 Å². The van der Waals surface area contributed by atoms with E-state index in [1.165, 1.54) is 12.4 Å². The van der Waals surface area contributed by atoms with Crippen LogP contribution in [0.15, 0.2) is 12.4 Å². The Balaban J connectivity index is 2.11. The zero-order valence-corrected chi connectivity index (χ0v) is 8.96. The van der Waals surface area contributed by atoms with Gasteiger partial charge >= 0.3 is 5.97 Å². The van der Waals surface area contributed by atoms with Crippen LogP contribution in [0.5, 0.6) is 0 Å². The number of likely N-dealkylation sites (N-methyl/N-ethyl adjacent to an activating group) is 1. The second-order valence-corrected chi connectivity index (χ2v) is 3.71. The van der Waals surface area contributed by atoms with Crippen LogP contribution >= 0.6 is 0 Å². The Morgan fingerprint density at radius 2 is 2.25 bits per heavy atom. The van der Waals surface area contributed by atoms with E-state index >= 15 is 0 Å². The lowest BCUT2D eigenvalue weighted by Crippen LogP contribution is -2.33. The van der Waals surface area contributed by atoms with Gasteiger partial charge in [-0.15, -0.1) is 0 Å². The van der Waals surface area contributed by atoms with Gasteiger partial charge in [-0.25, -0.2) is 14.8 Å². The van der Waals surface area contributed by atoms with Gasteiger partial charge in [0.05, 0.1) is 18.2 Å². The van der Waals surface area contributed by atoms with Crippen molar-refractivity contribution >= 4 is 11.9 Å². The van der Waals surface area contributed by atoms with E-state index in [4.69, 9.17) is 9.84 Å². The minimum Gasteiger partial charge on any atom is -0.478 e. The van der Waals surface area contributed by atoms with E-state index in [9.17, 15) is 4.79 Å². The van der Waals surface area contributed by atoms with Crippen LogP contribution in [0.25, 0.3) is 0 Å². The molecule has 0 aliphatic carbocycles. The molecule has 1 aromatic rings. The molecule has 2 heterocycles. The third kappa shape index (κ3) is 2.11. The molecule has 1 N–H and O–H groups in total. The lowest BCUT2D eigenvalue weighted by atomic mass is 10.2. The summed E-state index contributed by atoms with van der Waals surface area (Å²) in [6.45, 7) is 1.42. The number of carboxylic acid groups (broad SMARTS) is 1. The average Bonchev–Trinajstić information content (AvgIpc) is 2.81. The van der Waals surface area contributed by atoms with Gasteiger partial charge in [-0.1, -0.05) is 0 Å². The van der Waals surface area contributed by atoms with Gasteiger partial charge < -0.3 is 14.7 Å². The number of rotatable bonds is 3. The molecular formula is C10H13N3O3. The molecule has 6 nitrogen and oxygen atoms in total. The SMILES string of the molecule is CN(c1ncc(C(=O)O)cn1)C1CCOC1. The van der Waals surface area contributed by atoms with Crippen molar-refractivity contribution in [3.8, 4) is 0 Å². The second-order valence-electron chi connectivity index (χ2n) is 3.71. The van der Waals surface area contributed by atoms with E-state index in [0.717, 1.165) is 13.0 Å². The molecule has 1 aromatic heterocycles. The first kappa shape index (κ1) is 10.8. The Morgan fingerprint density at radius 3 is 2.75 bits per heavy atom. The predicted octanol–water partition coefficient (Wildman–Crippen LogP) is 0.400. The molecule has 1 aliphatic heterocycles.